The SMILES string of the molecule is Oc1cccc(Cl)c1.Oc1cccc(Cl)c1.[Zr]. The van der Waals surface area contributed by atoms with Crippen molar-refractivity contribution < 1.29 is 36.4 Å². The first-order valence-corrected chi connectivity index (χ1v) is 5.22. The molecule has 2 nitrogen and oxygen atoms in total. The van der Waals surface area contributed by atoms with E-state index >= 15 is 0 Å². The van der Waals surface area contributed by atoms with E-state index in [0.29, 0.717) is 10.0 Å². The minimum absolute atomic E-state index is 0. The van der Waals surface area contributed by atoms with Crippen molar-refractivity contribution in [1.82, 2.24) is 0 Å². The van der Waals surface area contributed by atoms with Crippen LogP contribution in [0.3, 0.4) is 0 Å². The van der Waals surface area contributed by atoms with Crippen LogP contribution in [0, 0.1) is 0 Å². The van der Waals surface area contributed by atoms with E-state index in [1.54, 1.807) is 36.4 Å². The summed E-state index contributed by atoms with van der Waals surface area (Å²) >= 11 is 11.0. The third-order valence-corrected chi connectivity index (χ3v) is 2.09. The maximum atomic E-state index is 8.73. The van der Waals surface area contributed by atoms with Crippen LogP contribution in [0.25, 0.3) is 0 Å². The summed E-state index contributed by atoms with van der Waals surface area (Å²) < 4.78 is 0. The molecule has 0 aliphatic rings. The Hall–Kier alpha value is -0.497. The fourth-order valence-electron chi connectivity index (χ4n) is 0.952. The van der Waals surface area contributed by atoms with Gasteiger partial charge in [0.2, 0.25) is 0 Å². The molecule has 0 heterocycles. The van der Waals surface area contributed by atoms with Crippen LogP contribution in [0.15, 0.2) is 48.5 Å². The molecule has 2 N–H and O–H groups in total. The van der Waals surface area contributed by atoms with Gasteiger partial charge in [0.05, 0.1) is 0 Å². The predicted molar refractivity (Wildman–Crippen MR) is 66.2 cm³/mol. The molecule has 2 aromatic rings. The van der Waals surface area contributed by atoms with E-state index in [0.717, 1.165) is 0 Å². The molecule has 2 rings (SSSR count). The van der Waals surface area contributed by atoms with Crippen LogP contribution in [0.4, 0.5) is 0 Å². The summed E-state index contributed by atoms with van der Waals surface area (Å²) in [5.41, 5.74) is 0. The van der Waals surface area contributed by atoms with Crippen molar-refractivity contribution in [3.8, 4) is 11.5 Å². The Labute approximate surface area is 129 Å². The Bertz CT molecular complexity index is 386. The average Bonchev–Trinajstić information content (AvgIpc) is 2.17. The standard InChI is InChI=1S/2C6H5ClO.Zr/c2*7-5-2-1-3-6(8)4-5;/h2*1-4,8H;. The number of halogens is 2. The second-order valence-corrected chi connectivity index (χ2v) is 3.83. The number of rotatable bonds is 0. The monoisotopic (exact) mass is 346 g/mol. The zero-order valence-corrected chi connectivity index (χ0v) is 12.7. The van der Waals surface area contributed by atoms with Gasteiger partial charge in [-0.05, 0) is 36.4 Å². The number of benzene rings is 2. The van der Waals surface area contributed by atoms with Crippen molar-refractivity contribution in [3.05, 3.63) is 58.6 Å². The van der Waals surface area contributed by atoms with Gasteiger partial charge in [0.25, 0.3) is 0 Å². The first kappa shape index (κ1) is 16.5. The Kier molecular flexibility index (Phi) is 8.32. The quantitative estimate of drug-likeness (QED) is 0.753. The molecule has 5 heteroatoms. The van der Waals surface area contributed by atoms with E-state index < -0.39 is 0 Å². The summed E-state index contributed by atoms with van der Waals surface area (Å²) in [5, 5.41) is 18.6. The fourth-order valence-corrected chi connectivity index (χ4v) is 1.32. The number of hydrogen-bond acceptors (Lipinski definition) is 2. The van der Waals surface area contributed by atoms with Gasteiger partial charge in [0.1, 0.15) is 11.5 Å². The van der Waals surface area contributed by atoms with Gasteiger partial charge in [-0.25, -0.2) is 0 Å². The molecule has 0 fully saturated rings. The molecule has 0 atom stereocenters. The molecule has 0 aromatic heterocycles. The third kappa shape index (κ3) is 7.43. The smallest absolute Gasteiger partial charge is 0.117 e. The molecular weight excluding hydrogens is 338 g/mol. The maximum absolute atomic E-state index is 8.73. The van der Waals surface area contributed by atoms with Crippen molar-refractivity contribution in [2.75, 3.05) is 0 Å². The first-order chi connectivity index (χ1) is 7.58. The normalized spacial score (nSPS) is 8.59. The van der Waals surface area contributed by atoms with Crippen LogP contribution in [-0.2, 0) is 26.2 Å². The zero-order chi connectivity index (χ0) is 12.0. The van der Waals surface area contributed by atoms with E-state index in [1.807, 2.05) is 0 Å². The van der Waals surface area contributed by atoms with E-state index in [4.69, 9.17) is 33.4 Å². The Morgan fingerprint density at radius 3 is 1.24 bits per heavy atom. The number of hydrogen-bond donors (Lipinski definition) is 2. The van der Waals surface area contributed by atoms with Crippen LogP contribution in [0.1, 0.15) is 0 Å². The number of phenolic OH excluding ortho intramolecular Hbond substituents is 2. The van der Waals surface area contributed by atoms with Gasteiger partial charge in [-0.15, -0.1) is 0 Å². The van der Waals surface area contributed by atoms with Crippen molar-refractivity contribution >= 4 is 23.2 Å². The molecule has 2 aromatic carbocycles. The second-order valence-electron chi connectivity index (χ2n) is 2.96. The van der Waals surface area contributed by atoms with E-state index in [2.05, 4.69) is 0 Å². The minimum Gasteiger partial charge on any atom is -0.508 e. The van der Waals surface area contributed by atoms with E-state index in [1.165, 1.54) is 12.1 Å². The molecule has 88 valence electrons. The van der Waals surface area contributed by atoms with Gasteiger partial charge in [-0.2, -0.15) is 0 Å². The van der Waals surface area contributed by atoms with Gasteiger partial charge in [0.15, 0.2) is 0 Å². The topological polar surface area (TPSA) is 40.5 Å². The van der Waals surface area contributed by atoms with Gasteiger partial charge >= 0.3 is 0 Å². The molecule has 0 aliphatic heterocycles. The van der Waals surface area contributed by atoms with Crippen LogP contribution in [-0.4, -0.2) is 10.2 Å². The van der Waals surface area contributed by atoms with Crippen molar-refractivity contribution in [2.45, 2.75) is 0 Å². The van der Waals surface area contributed by atoms with Crippen molar-refractivity contribution in [3.63, 3.8) is 0 Å². The molecule has 0 bridgehead atoms. The maximum Gasteiger partial charge on any atom is 0.117 e. The van der Waals surface area contributed by atoms with Gasteiger partial charge in [-0.3, -0.25) is 0 Å². The van der Waals surface area contributed by atoms with Gasteiger partial charge in [0, 0.05) is 36.2 Å². The average molecular weight is 348 g/mol. The summed E-state index contributed by atoms with van der Waals surface area (Å²) in [7, 11) is 0. The van der Waals surface area contributed by atoms with Gasteiger partial charge in [-0.1, -0.05) is 35.3 Å². The molecule has 0 radical (unpaired) electrons. The molecule has 0 aliphatic carbocycles. The van der Waals surface area contributed by atoms with Crippen molar-refractivity contribution in [1.29, 1.82) is 0 Å². The second kappa shape index (κ2) is 8.57. The van der Waals surface area contributed by atoms with Crippen LogP contribution >= 0.6 is 23.2 Å². The third-order valence-electron chi connectivity index (χ3n) is 1.62. The first-order valence-electron chi connectivity index (χ1n) is 4.47. The fraction of sp³-hybridized carbons (Fsp3) is 0. The summed E-state index contributed by atoms with van der Waals surface area (Å²) in [6.07, 6.45) is 0. The minimum atomic E-state index is 0. The number of aromatic hydroxyl groups is 2. The molecule has 0 saturated heterocycles. The zero-order valence-electron chi connectivity index (χ0n) is 8.77. The molecule has 0 spiro atoms. The van der Waals surface area contributed by atoms with Gasteiger partial charge < -0.3 is 10.2 Å². The Morgan fingerprint density at radius 1 is 0.706 bits per heavy atom. The summed E-state index contributed by atoms with van der Waals surface area (Å²) in [6.45, 7) is 0. The predicted octanol–water partition coefficient (Wildman–Crippen LogP) is 4.09. The molecule has 17 heavy (non-hydrogen) atoms. The summed E-state index contributed by atoms with van der Waals surface area (Å²) in [4.78, 5) is 0. The van der Waals surface area contributed by atoms with Crippen LogP contribution in [0.2, 0.25) is 10.0 Å². The summed E-state index contributed by atoms with van der Waals surface area (Å²) in [6, 6.07) is 12.9. The number of phenols is 2. The van der Waals surface area contributed by atoms with Crippen LogP contribution < -0.4 is 0 Å². The Balaban J connectivity index is 0.000000284. The molecule has 0 amide bonds. The van der Waals surface area contributed by atoms with E-state index in [-0.39, 0.29) is 37.7 Å². The van der Waals surface area contributed by atoms with Crippen LogP contribution in [0.5, 0.6) is 11.5 Å². The molecular formula is C12H10Cl2O2Zr. The van der Waals surface area contributed by atoms with Crippen molar-refractivity contribution in [2.24, 2.45) is 0 Å². The molecule has 0 unspecified atom stereocenters. The largest absolute Gasteiger partial charge is 0.508 e. The summed E-state index contributed by atoms with van der Waals surface area (Å²) in [5.74, 6) is 0.412. The Morgan fingerprint density at radius 2 is 1.06 bits per heavy atom. The van der Waals surface area contributed by atoms with E-state index in [9.17, 15) is 0 Å². The molecule has 0 saturated carbocycles.